The fraction of sp³-hybridized carbons (Fsp3) is 0.621. The van der Waals surface area contributed by atoms with Gasteiger partial charge in [-0.05, 0) is 69.5 Å². The number of rotatable bonds is 11. The summed E-state index contributed by atoms with van der Waals surface area (Å²) < 4.78 is 46.5. The number of piperidine rings is 1. The molecule has 1 amide bonds. The standard InChI is InChI=1S/C29H42F3N7O2/c1-4-22-18-23(38-13-8-21(9-14-38)20-37(2)3)6-7-25(22)35-28-34-19-24(29(30,31)32)27(36-28)33-11-5-12-39-15-17-41-16-10-26(39)40/h6-7,18-19,21H,4-5,8-17,20H2,1-3H3,(H2,33,34,35,36). The quantitative estimate of drug-likeness (QED) is 0.374. The second kappa shape index (κ2) is 14.2. The van der Waals surface area contributed by atoms with E-state index >= 15 is 0 Å². The van der Waals surface area contributed by atoms with Gasteiger partial charge in [0.05, 0.1) is 19.6 Å². The van der Waals surface area contributed by atoms with Crippen molar-refractivity contribution in [3.05, 3.63) is 35.5 Å². The van der Waals surface area contributed by atoms with Crippen molar-refractivity contribution in [1.82, 2.24) is 19.8 Å². The number of anilines is 4. The van der Waals surface area contributed by atoms with E-state index in [1.54, 1.807) is 4.90 Å². The zero-order valence-corrected chi connectivity index (χ0v) is 24.3. The van der Waals surface area contributed by atoms with E-state index in [-0.39, 0.29) is 24.2 Å². The number of hydrogen-bond donors (Lipinski definition) is 2. The van der Waals surface area contributed by atoms with E-state index in [0.29, 0.717) is 45.1 Å². The molecule has 0 atom stereocenters. The fourth-order valence-electron chi connectivity index (χ4n) is 5.42. The number of hydrogen-bond acceptors (Lipinski definition) is 8. The monoisotopic (exact) mass is 577 g/mol. The third-order valence-electron chi connectivity index (χ3n) is 7.63. The van der Waals surface area contributed by atoms with E-state index in [1.165, 1.54) is 0 Å². The van der Waals surface area contributed by atoms with Gasteiger partial charge in [0, 0.05) is 56.8 Å². The highest BCUT2D eigenvalue weighted by atomic mass is 19.4. The lowest BCUT2D eigenvalue weighted by atomic mass is 9.95. The Hall–Kier alpha value is -3.12. The van der Waals surface area contributed by atoms with Gasteiger partial charge in [0.15, 0.2) is 0 Å². The third kappa shape index (κ3) is 8.68. The molecule has 0 spiro atoms. The van der Waals surface area contributed by atoms with E-state index in [2.05, 4.69) is 57.5 Å². The van der Waals surface area contributed by atoms with Crippen molar-refractivity contribution in [2.45, 2.75) is 45.2 Å². The van der Waals surface area contributed by atoms with Crippen LogP contribution in [-0.2, 0) is 22.1 Å². The van der Waals surface area contributed by atoms with Gasteiger partial charge in [-0.15, -0.1) is 0 Å². The number of ether oxygens (including phenoxy) is 1. The zero-order valence-electron chi connectivity index (χ0n) is 24.3. The van der Waals surface area contributed by atoms with Crippen molar-refractivity contribution >= 4 is 29.0 Å². The predicted octanol–water partition coefficient (Wildman–Crippen LogP) is 4.63. The van der Waals surface area contributed by atoms with Gasteiger partial charge in [0.2, 0.25) is 11.9 Å². The first-order chi connectivity index (χ1) is 19.6. The van der Waals surface area contributed by atoms with Crippen molar-refractivity contribution in [2.24, 2.45) is 5.92 Å². The van der Waals surface area contributed by atoms with Gasteiger partial charge >= 0.3 is 6.18 Å². The van der Waals surface area contributed by atoms with Crippen molar-refractivity contribution in [3.8, 4) is 0 Å². The van der Waals surface area contributed by atoms with Crippen molar-refractivity contribution in [3.63, 3.8) is 0 Å². The Morgan fingerprint density at radius 3 is 2.63 bits per heavy atom. The van der Waals surface area contributed by atoms with E-state index in [0.717, 1.165) is 62.0 Å². The highest BCUT2D eigenvalue weighted by molar-refractivity contribution is 5.76. The van der Waals surface area contributed by atoms with Gasteiger partial charge in [-0.3, -0.25) is 4.79 Å². The highest BCUT2D eigenvalue weighted by Gasteiger charge is 2.35. The molecule has 0 saturated carbocycles. The maximum absolute atomic E-state index is 13.7. The zero-order chi connectivity index (χ0) is 29.4. The Balaban J connectivity index is 1.41. The molecular formula is C29H42F3N7O2. The highest BCUT2D eigenvalue weighted by Crippen LogP contribution is 2.35. The van der Waals surface area contributed by atoms with Crippen LogP contribution in [0.3, 0.4) is 0 Å². The maximum Gasteiger partial charge on any atom is 0.421 e. The molecule has 0 unspecified atom stereocenters. The number of amides is 1. The summed E-state index contributed by atoms with van der Waals surface area (Å²) in [6.45, 7) is 7.18. The van der Waals surface area contributed by atoms with Crippen molar-refractivity contribution < 1.29 is 22.7 Å². The van der Waals surface area contributed by atoms with Crippen LogP contribution >= 0.6 is 0 Å². The van der Waals surface area contributed by atoms with Gasteiger partial charge in [-0.25, -0.2) is 4.98 Å². The maximum atomic E-state index is 13.7. The number of alkyl halides is 3. The number of nitrogens with zero attached hydrogens (tertiary/aromatic N) is 5. The van der Waals surface area contributed by atoms with Crippen LogP contribution in [0.25, 0.3) is 0 Å². The van der Waals surface area contributed by atoms with Gasteiger partial charge < -0.3 is 30.1 Å². The van der Waals surface area contributed by atoms with Crippen LogP contribution in [0.1, 0.15) is 43.7 Å². The minimum Gasteiger partial charge on any atom is -0.379 e. The Morgan fingerprint density at radius 1 is 1.15 bits per heavy atom. The lowest BCUT2D eigenvalue weighted by molar-refractivity contribution is -0.137. The van der Waals surface area contributed by atoms with Crippen LogP contribution in [0, 0.1) is 5.92 Å². The van der Waals surface area contributed by atoms with Crippen molar-refractivity contribution in [2.75, 3.05) is 82.1 Å². The molecule has 9 nitrogen and oxygen atoms in total. The lowest BCUT2D eigenvalue weighted by Gasteiger charge is -2.35. The van der Waals surface area contributed by atoms with Gasteiger partial charge in [0.1, 0.15) is 11.4 Å². The third-order valence-corrected chi connectivity index (χ3v) is 7.63. The minimum absolute atomic E-state index is 0.00134. The summed E-state index contributed by atoms with van der Waals surface area (Å²) in [7, 11) is 4.23. The minimum atomic E-state index is -4.60. The normalized spacial score (nSPS) is 17.2. The summed E-state index contributed by atoms with van der Waals surface area (Å²) in [5.74, 6) is 0.514. The van der Waals surface area contributed by atoms with Gasteiger partial charge in [-0.2, -0.15) is 18.2 Å². The molecule has 0 aliphatic carbocycles. The Kier molecular flexibility index (Phi) is 10.7. The van der Waals surface area contributed by atoms with Crippen molar-refractivity contribution in [1.29, 1.82) is 0 Å². The summed E-state index contributed by atoms with van der Waals surface area (Å²) in [5.41, 5.74) is 2.04. The van der Waals surface area contributed by atoms with E-state index in [9.17, 15) is 18.0 Å². The SMILES string of the molecule is CCc1cc(N2CCC(CN(C)C)CC2)ccc1Nc1ncc(C(F)(F)F)c(NCCCN2CCOCCC2=O)n1. The fourth-order valence-corrected chi connectivity index (χ4v) is 5.42. The number of aryl methyl sites for hydroxylation is 1. The van der Waals surface area contributed by atoms with E-state index < -0.39 is 11.7 Å². The first kappa shape index (κ1) is 30.8. The number of nitrogens with one attached hydrogen (secondary N) is 2. The summed E-state index contributed by atoms with van der Waals surface area (Å²) in [5, 5.41) is 5.96. The number of benzene rings is 1. The first-order valence-corrected chi connectivity index (χ1v) is 14.5. The first-order valence-electron chi connectivity index (χ1n) is 14.5. The Labute approximate surface area is 240 Å². The average molecular weight is 578 g/mol. The summed E-state index contributed by atoms with van der Waals surface area (Å²) in [6, 6.07) is 6.15. The van der Waals surface area contributed by atoms with E-state index in [4.69, 9.17) is 4.74 Å². The molecule has 2 aliphatic rings. The molecule has 2 aliphatic heterocycles. The molecule has 226 valence electrons. The molecule has 2 fully saturated rings. The number of halogens is 3. The van der Waals surface area contributed by atoms with Crippen LogP contribution in [0.4, 0.5) is 36.3 Å². The second-order valence-electron chi connectivity index (χ2n) is 11.0. The molecule has 2 N–H and O–H groups in total. The summed E-state index contributed by atoms with van der Waals surface area (Å²) >= 11 is 0. The number of carbonyl (C=O) groups is 1. The summed E-state index contributed by atoms with van der Waals surface area (Å²) in [6.07, 6.45) is 0.0566. The topological polar surface area (TPSA) is 85.9 Å². The molecule has 3 heterocycles. The van der Waals surface area contributed by atoms with E-state index in [1.807, 2.05) is 12.1 Å². The predicted molar refractivity (Wildman–Crippen MR) is 155 cm³/mol. The largest absolute Gasteiger partial charge is 0.421 e. The molecule has 1 aromatic heterocycles. The molecule has 41 heavy (non-hydrogen) atoms. The smallest absolute Gasteiger partial charge is 0.379 e. The average Bonchev–Trinajstić information content (AvgIpc) is 3.14. The molecule has 2 aromatic rings. The van der Waals surface area contributed by atoms with Crippen LogP contribution < -0.4 is 15.5 Å². The molecule has 0 bridgehead atoms. The second-order valence-corrected chi connectivity index (χ2v) is 11.0. The van der Waals surface area contributed by atoms with Crippen LogP contribution in [-0.4, -0.2) is 92.3 Å². The van der Waals surface area contributed by atoms with Crippen LogP contribution in [0.5, 0.6) is 0 Å². The molecule has 12 heteroatoms. The molecule has 4 rings (SSSR count). The number of aromatic nitrogens is 2. The molecule has 1 aromatic carbocycles. The van der Waals surface area contributed by atoms with Crippen LogP contribution in [0.15, 0.2) is 24.4 Å². The van der Waals surface area contributed by atoms with Crippen LogP contribution in [0.2, 0.25) is 0 Å². The number of carbonyl (C=O) groups excluding carboxylic acids is 1. The lowest BCUT2D eigenvalue weighted by Crippen LogP contribution is -2.37. The summed E-state index contributed by atoms with van der Waals surface area (Å²) in [4.78, 5) is 26.7. The van der Waals surface area contributed by atoms with Gasteiger partial charge in [0.25, 0.3) is 0 Å². The Morgan fingerprint density at radius 2 is 1.93 bits per heavy atom. The molecule has 2 saturated heterocycles. The Bertz CT molecular complexity index is 1150. The molecular weight excluding hydrogens is 535 g/mol. The van der Waals surface area contributed by atoms with Gasteiger partial charge in [-0.1, -0.05) is 6.92 Å². The molecule has 0 radical (unpaired) electrons.